The van der Waals surface area contributed by atoms with Gasteiger partial charge in [-0.05, 0) is 24.1 Å². The van der Waals surface area contributed by atoms with Crippen molar-refractivity contribution in [2.24, 2.45) is 5.73 Å². The van der Waals surface area contributed by atoms with Crippen molar-refractivity contribution in [3.63, 3.8) is 0 Å². The molecular weight excluding hydrogens is 369 g/mol. The summed E-state index contributed by atoms with van der Waals surface area (Å²) < 4.78 is 38.5. The molecule has 0 aromatic heterocycles. The molecule has 0 amide bonds. The Hall–Kier alpha value is -3.27. The number of benzene rings is 2. The Labute approximate surface area is 150 Å². The van der Waals surface area contributed by atoms with Crippen LogP contribution < -0.4 is 5.73 Å². The van der Waals surface area contributed by atoms with Crippen molar-refractivity contribution in [1.82, 2.24) is 0 Å². The summed E-state index contributed by atoms with van der Waals surface area (Å²) in [6.07, 6.45) is -4.90. The van der Waals surface area contributed by atoms with E-state index in [0.717, 1.165) is 6.07 Å². The predicted octanol–water partition coefficient (Wildman–Crippen LogP) is 2.80. The number of nitrogens with zero attached hydrogens (tertiary/aromatic N) is 1. The monoisotopic (exact) mass is 382 g/mol. The lowest BCUT2D eigenvalue weighted by Crippen LogP contribution is -2.32. The molecule has 2 aromatic rings. The second-order valence-electron chi connectivity index (χ2n) is 5.66. The number of nitrogens with two attached hydrogens (primary N) is 1. The number of alkyl halides is 3. The standard InChI is InChI=1S/C17H13F3N2O5/c18-17(19,20)12-6-5-11(8-14(12)22(26)27)15(23)10-3-1-9(2-4-10)7-13(21)16(24)25/h1-6,8,13H,7,21H2,(H,24,25). The van der Waals surface area contributed by atoms with Gasteiger partial charge < -0.3 is 10.8 Å². The van der Waals surface area contributed by atoms with Gasteiger partial charge in [-0.25, -0.2) is 0 Å². The maximum Gasteiger partial charge on any atom is 0.422 e. The second-order valence-corrected chi connectivity index (χ2v) is 5.66. The van der Waals surface area contributed by atoms with E-state index < -0.39 is 40.1 Å². The number of ketones is 1. The van der Waals surface area contributed by atoms with Crippen molar-refractivity contribution < 1.29 is 32.8 Å². The van der Waals surface area contributed by atoms with E-state index in [2.05, 4.69) is 0 Å². The number of hydrogen-bond donors (Lipinski definition) is 2. The zero-order valence-corrected chi connectivity index (χ0v) is 13.6. The summed E-state index contributed by atoms with van der Waals surface area (Å²) in [5.41, 5.74) is 3.10. The minimum Gasteiger partial charge on any atom is -0.480 e. The molecule has 0 aliphatic heterocycles. The average Bonchev–Trinajstić information content (AvgIpc) is 2.60. The summed E-state index contributed by atoms with van der Waals surface area (Å²) in [5.74, 6) is -1.90. The van der Waals surface area contributed by atoms with Crippen LogP contribution in [0.1, 0.15) is 27.0 Å². The normalized spacial score (nSPS) is 12.4. The van der Waals surface area contributed by atoms with Gasteiger partial charge in [-0.2, -0.15) is 13.2 Å². The highest BCUT2D eigenvalue weighted by atomic mass is 19.4. The summed E-state index contributed by atoms with van der Waals surface area (Å²) in [5, 5.41) is 19.7. The van der Waals surface area contributed by atoms with Crippen LogP contribution in [-0.4, -0.2) is 27.8 Å². The minimum atomic E-state index is -4.92. The van der Waals surface area contributed by atoms with Crippen LogP contribution in [0.2, 0.25) is 0 Å². The summed E-state index contributed by atoms with van der Waals surface area (Å²) in [4.78, 5) is 32.9. The maximum absolute atomic E-state index is 12.8. The van der Waals surface area contributed by atoms with Gasteiger partial charge in [0, 0.05) is 17.2 Å². The van der Waals surface area contributed by atoms with Crippen molar-refractivity contribution in [2.75, 3.05) is 0 Å². The maximum atomic E-state index is 12.8. The highest BCUT2D eigenvalue weighted by Gasteiger charge is 2.38. The van der Waals surface area contributed by atoms with Crippen LogP contribution in [0, 0.1) is 10.1 Å². The molecule has 1 atom stereocenters. The van der Waals surface area contributed by atoms with Gasteiger partial charge in [-0.3, -0.25) is 19.7 Å². The van der Waals surface area contributed by atoms with Crippen molar-refractivity contribution in [1.29, 1.82) is 0 Å². The smallest absolute Gasteiger partial charge is 0.422 e. The third kappa shape index (κ3) is 4.67. The highest BCUT2D eigenvalue weighted by molar-refractivity contribution is 6.09. The number of carboxylic acid groups (broad SMARTS) is 1. The number of rotatable bonds is 6. The highest BCUT2D eigenvalue weighted by Crippen LogP contribution is 2.36. The molecule has 0 fully saturated rings. The van der Waals surface area contributed by atoms with Crippen molar-refractivity contribution in [3.05, 3.63) is 74.8 Å². The molecule has 142 valence electrons. The Kier molecular flexibility index (Phi) is 5.60. The first kappa shape index (κ1) is 20.0. The van der Waals surface area contributed by atoms with Gasteiger partial charge in [-0.15, -0.1) is 0 Å². The SMILES string of the molecule is NC(Cc1ccc(C(=O)c2ccc(C(F)(F)F)c([N+](=O)[O-])c2)cc1)C(=O)O. The van der Waals surface area contributed by atoms with Crippen LogP contribution in [0.25, 0.3) is 0 Å². The van der Waals surface area contributed by atoms with Crippen LogP contribution in [0.15, 0.2) is 42.5 Å². The van der Waals surface area contributed by atoms with Gasteiger partial charge in [0.25, 0.3) is 5.69 Å². The molecule has 7 nitrogen and oxygen atoms in total. The quantitative estimate of drug-likeness (QED) is 0.450. The number of carbonyl (C=O) groups excluding carboxylic acids is 1. The first-order valence-electron chi connectivity index (χ1n) is 7.48. The van der Waals surface area contributed by atoms with E-state index in [9.17, 15) is 32.9 Å². The lowest BCUT2D eigenvalue weighted by molar-refractivity contribution is -0.388. The molecule has 0 aliphatic rings. The zero-order chi connectivity index (χ0) is 20.4. The third-order valence-corrected chi connectivity index (χ3v) is 3.75. The van der Waals surface area contributed by atoms with E-state index in [0.29, 0.717) is 17.7 Å². The molecule has 0 aliphatic carbocycles. The molecule has 2 rings (SSSR count). The van der Waals surface area contributed by atoms with Gasteiger partial charge in [0.05, 0.1) is 4.92 Å². The van der Waals surface area contributed by atoms with Crippen LogP contribution in [0.4, 0.5) is 18.9 Å². The molecule has 0 saturated heterocycles. The van der Waals surface area contributed by atoms with E-state index >= 15 is 0 Å². The number of nitro groups is 1. The number of aliphatic carboxylic acids is 1. The van der Waals surface area contributed by atoms with E-state index in [-0.39, 0.29) is 17.5 Å². The zero-order valence-electron chi connectivity index (χ0n) is 13.6. The summed E-state index contributed by atoms with van der Waals surface area (Å²) in [6.45, 7) is 0. The number of nitro benzene ring substituents is 1. The summed E-state index contributed by atoms with van der Waals surface area (Å²) in [7, 11) is 0. The number of carbonyl (C=O) groups is 2. The van der Waals surface area contributed by atoms with Gasteiger partial charge in [0.1, 0.15) is 11.6 Å². The molecule has 0 heterocycles. The molecule has 0 saturated carbocycles. The van der Waals surface area contributed by atoms with Gasteiger partial charge in [-0.1, -0.05) is 24.3 Å². The van der Waals surface area contributed by atoms with Crippen LogP contribution in [-0.2, 0) is 17.4 Å². The van der Waals surface area contributed by atoms with Crippen LogP contribution in [0.5, 0.6) is 0 Å². The molecule has 3 N–H and O–H groups in total. The molecule has 1 unspecified atom stereocenters. The van der Waals surface area contributed by atoms with Crippen molar-refractivity contribution in [3.8, 4) is 0 Å². The summed E-state index contributed by atoms with van der Waals surface area (Å²) in [6, 6.07) is 6.41. The summed E-state index contributed by atoms with van der Waals surface area (Å²) >= 11 is 0. The van der Waals surface area contributed by atoms with E-state index in [1.165, 1.54) is 24.3 Å². The molecule has 2 aromatic carbocycles. The largest absolute Gasteiger partial charge is 0.480 e. The minimum absolute atomic E-state index is 0.0234. The Morgan fingerprint density at radius 1 is 1.11 bits per heavy atom. The Morgan fingerprint density at radius 2 is 1.67 bits per heavy atom. The lowest BCUT2D eigenvalue weighted by atomic mass is 9.98. The first-order chi connectivity index (χ1) is 12.5. The van der Waals surface area contributed by atoms with Crippen LogP contribution in [0.3, 0.4) is 0 Å². The van der Waals surface area contributed by atoms with Gasteiger partial charge >= 0.3 is 12.1 Å². The Bertz CT molecular complexity index is 894. The predicted molar refractivity (Wildman–Crippen MR) is 87.3 cm³/mol. The fourth-order valence-corrected chi connectivity index (χ4v) is 2.36. The van der Waals surface area contributed by atoms with Crippen molar-refractivity contribution in [2.45, 2.75) is 18.6 Å². The van der Waals surface area contributed by atoms with Crippen LogP contribution >= 0.6 is 0 Å². The number of halogens is 3. The molecular formula is C17H13F3N2O5. The fraction of sp³-hybridized carbons (Fsp3) is 0.176. The lowest BCUT2D eigenvalue weighted by Gasteiger charge is -2.09. The van der Waals surface area contributed by atoms with Gasteiger partial charge in [0.15, 0.2) is 5.78 Å². The number of hydrogen-bond acceptors (Lipinski definition) is 5. The molecule has 10 heteroatoms. The Balaban J connectivity index is 2.31. The molecule has 0 spiro atoms. The van der Waals surface area contributed by atoms with Crippen molar-refractivity contribution >= 4 is 17.4 Å². The fourth-order valence-electron chi connectivity index (χ4n) is 2.36. The topological polar surface area (TPSA) is 124 Å². The van der Waals surface area contributed by atoms with E-state index in [4.69, 9.17) is 10.8 Å². The Morgan fingerprint density at radius 3 is 2.15 bits per heavy atom. The van der Waals surface area contributed by atoms with E-state index in [1.807, 2.05) is 0 Å². The molecule has 27 heavy (non-hydrogen) atoms. The number of carboxylic acids is 1. The average molecular weight is 382 g/mol. The van der Waals surface area contributed by atoms with Gasteiger partial charge in [0.2, 0.25) is 0 Å². The van der Waals surface area contributed by atoms with E-state index in [1.54, 1.807) is 0 Å². The molecule has 0 bridgehead atoms. The third-order valence-electron chi connectivity index (χ3n) is 3.75. The first-order valence-corrected chi connectivity index (χ1v) is 7.48. The second kappa shape index (κ2) is 7.54. The molecule has 0 radical (unpaired) electrons.